The highest BCUT2D eigenvalue weighted by Gasteiger charge is 2.25. The fraction of sp³-hybridized carbons (Fsp3) is 0.167. The molecule has 3 aromatic rings. The van der Waals surface area contributed by atoms with Gasteiger partial charge < -0.3 is 25.1 Å². The Hall–Kier alpha value is -4.04. The van der Waals surface area contributed by atoms with E-state index in [1.165, 1.54) is 5.01 Å². The summed E-state index contributed by atoms with van der Waals surface area (Å²) in [5.41, 5.74) is 3.63. The number of carbonyl (C=O) groups is 1. The van der Waals surface area contributed by atoms with Crippen molar-refractivity contribution in [3.8, 4) is 11.5 Å². The second kappa shape index (κ2) is 9.84. The molecule has 1 amide bonds. The molecule has 8 nitrogen and oxygen atoms in total. The number of nitrogens with two attached hydrogens (primary N) is 1. The number of hydrogen-bond acceptors (Lipinski definition) is 7. The maximum atomic E-state index is 12.6. The van der Waals surface area contributed by atoms with E-state index < -0.39 is 0 Å². The molecule has 1 aliphatic rings. The van der Waals surface area contributed by atoms with Crippen molar-refractivity contribution in [3.63, 3.8) is 0 Å². The average Bonchev–Trinajstić information content (AvgIpc) is 2.83. The Morgan fingerprint density at radius 3 is 2.41 bits per heavy atom. The summed E-state index contributed by atoms with van der Waals surface area (Å²) in [5.74, 6) is 7.45. The van der Waals surface area contributed by atoms with Gasteiger partial charge in [-0.2, -0.15) is 0 Å². The molecule has 0 bridgehead atoms. The van der Waals surface area contributed by atoms with Crippen molar-refractivity contribution in [1.82, 2.24) is 15.3 Å². The van der Waals surface area contributed by atoms with E-state index in [1.54, 1.807) is 19.5 Å². The van der Waals surface area contributed by atoms with Crippen LogP contribution in [0.2, 0.25) is 0 Å². The quantitative estimate of drug-likeness (QED) is 0.391. The molecule has 32 heavy (non-hydrogen) atoms. The van der Waals surface area contributed by atoms with E-state index in [0.29, 0.717) is 31.1 Å². The van der Waals surface area contributed by atoms with Gasteiger partial charge in [0.15, 0.2) is 0 Å². The van der Waals surface area contributed by atoms with Crippen molar-refractivity contribution in [2.24, 2.45) is 5.84 Å². The van der Waals surface area contributed by atoms with Crippen LogP contribution in [-0.4, -0.2) is 36.1 Å². The Bertz CT molecular complexity index is 1080. The van der Waals surface area contributed by atoms with E-state index in [-0.39, 0.29) is 5.91 Å². The molecule has 4 N–H and O–H groups in total. The van der Waals surface area contributed by atoms with Gasteiger partial charge in [0, 0.05) is 30.2 Å². The Balaban J connectivity index is 1.56. The lowest BCUT2D eigenvalue weighted by Crippen LogP contribution is -2.49. The average molecular weight is 431 g/mol. The molecule has 0 atom stereocenters. The molecule has 2 heterocycles. The van der Waals surface area contributed by atoms with Gasteiger partial charge in [-0.3, -0.25) is 9.78 Å². The summed E-state index contributed by atoms with van der Waals surface area (Å²) in [7, 11) is 1.64. The molecule has 8 heteroatoms. The fourth-order valence-electron chi connectivity index (χ4n) is 3.33. The lowest BCUT2D eigenvalue weighted by atomic mass is 10.1. The van der Waals surface area contributed by atoms with Gasteiger partial charge >= 0.3 is 0 Å². The van der Waals surface area contributed by atoms with Gasteiger partial charge in [-0.25, -0.2) is 5.84 Å². The second-order valence-corrected chi connectivity index (χ2v) is 7.19. The number of benzene rings is 2. The van der Waals surface area contributed by atoms with Crippen molar-refractivity contribution in [2.45, 2.75) is 6.61 Å². The first-order chi connectivity index (χ1) is 15.6. The molecule has 0 spiro atoms. The zero-order chi connectivity index (χ0) is 22.3. The van der Waals surface area contributed by atoms with Gasteiger partial charge in [-0.1, -0.05) is 12.1 Å². The molecule has 0 aliphatic carbocycles. The van der Waals surface area contributed by atoms with Crippen LogP contribution < -0.4 is 25.9 Å². The zero-order valence-electron chi connectivity index (χ0n) is 17.7. The van der Waals surface area contributed by atoms with Crippen LogP contribution in [0.25, 0.3) is 5.70 Å². The molecule has 0 radical (unpaired) electrons. The molecule has 1 fully saturated rings. The van der Waals surface area contributed by atoms with Crippen LogP contribution in [0.1, 0.15) is 11.1 Å². The van der Waals surface area contributed by atoms with E-state index in [2.05, 4.69) is 15.6 Å². The standard InChI is InChI=1S/C24H25N5O3/c1-31-20-6-2-17(3-7-20)16-32-21-8-4-18(5-9-21)22(28-19-10-12-26-13-11-19)23-24(30)27-14-15-29(23)25/h2-13H,14-16,25H2,1H3,(H,26,28)(H,27,30)/b23-22-. The summed E-state index contributed by atoms with van der Waals surface area (Å²) in [6, 6.07) is 18.9. The van der Waals surface area contributed by atoms with E-state index >= 15 is 0 Å². The van der Waals surface area contributed by atoms with Crippen molar-refractivity contribution >= 4 is 17.3 Å². The maximum Gasteiger partial charge on any atom is 0.271 e. The van der Waals surface area contributed by atoms with Gasteiger partial charge in [-0.05, 0) is 54.1 Å². The highest BCUT2D eigenvalue weighted by Crippen LogP contribution is 2.26. The molecule has 2 aromatic carbocycles. The molecule has 0 saturated carbocycles. The number of rotatable bonds is 7. The zero-order valence-corrected chi connectivity index (χ0v) is 17.7. The SMILES string of the molecule is COc1ccc(COc2ccc(/C(Nc3ccncc3)=C3\C(=O)NCCN3N)cc2)cc1. The van der Waals surface area contributed by atoms with E-state index in [4.69, 9.17) is 15.3 Å². The van der Waals surface area contributed by atoms with Crippen LogP contribution >= 0.6 is 0 Å². The first-order valence-electron chi connectivity index (χ1n) is 10.2. The molecule has 1 saturated heterocycles. The molecule has 0 unspecified atom stereocenters. The second-order valence-electron chi connectivity index (χ2n) is 7.19. The summed E-state index contributed by atoms with van der Waals surface area (Å²) < 4.78 is 11.1. The van der Waals surface area contributed by atoms with Crippen LogP contribution in [0, 0.1) is 0 Å². The summed E-state index contributed by atoms with van der Waals surface area (Å²) in [6.45, 7) is 1.46. The normalized spacial score (nSPS) is 15.1. The first-order valence-corrected chi connectivity index (χ1v) is 10.2. The molecule has 4 rings (SSSR count). The minimum absolute atomic E-state index is 0.227. The Morgan fingerprint density at radius 2 is 1.75 bits per heavy atom. The highest BCUT2D eigenvalue weighted by atomic mass is 16.5. The van der Waals surface area contributed by atoms with Gasteiger partial charge in [0.2, 0.25) is 0 Å². The number of anilines is 1. The number of amides is 1. The monoisotopic (exact) mass is 431 g/mol. The van der Waals surface area contributed by atoms with Crippen molar-refractivity contribution in [2.75, 3.05) is 25.5 Å². The largest absolute Gasteiger partial charge is 0.497 e. The van der Waals surface area contributed by atoms with Crippen LogP contribution in [0.5, 0.6) is 11.5 Å². The highest BCUT2D eigenvalue weighted by molar-refractivity contribution is 6.03. The first kappa shape index (κ1) is 21.2. The third-order valence-corrected chi connectivity index (χ3v) is 5.03. The predicted molar refractivity (Wildman–Crippen MR) is 122 cm³/mol. The minimum Gasteiger partial charge on any atom is -0.497 e. The van der Waals surface area contributed by atoms with Crippen molar-refractivity contribution < 1.29 is 14.3 Å². The number of hydrazine groups is 1. The third kappa shape index (κ3) is 4.98. The number of pyridine rings is 1. The number of aromatic nitrogens is 1. The molecule has 1 aliphatic heterocycles. The maximum absolute atomic E-state index is 12.6. The summed E-state index contributed by atoms with van der Waals surface area (Å²) in [4.78, 5) is 16.6. The van der Waals surface area contributed by atoms with Gasteiger partial charge in [-0.15, -0.1) is 0 Å². The van der Waals surface area contributed by atoms with Crippen LogP contribution in [0.3, 0.4) is 0 Å². The Labute approximate surface area is 186 Å². The number of ether oxygens (including phenoxy) is 2. The van der Waals surface area contributed by atoms with Gasteiger partial charge in [0.1, 0.15) is 23.8 Å². The molecular weight excluding hydrogens is 406 g/mol. The smallest absolute Gasteiger partial charge is 0.271 e. The predicted octanol–water partition coefficient (Wildman–Crippen LogP) is 2.76. The molecule has 1 aromatic heterocycles. The number of hydrogen-bond donors (Lipinski definition) is 3. The Morgan fingerprint density at radius 1 is 1.06 bits per heavy atom. The summed E-state index contributed by atoms with van der Waals surface area (Å²) in [5, 5.41) is 7.64. The lowest BCUT2D eigenvalue weighted by molar-refractivity contribution is -0.120. The number of nitrogens with one attached hydrogen (secondary N) is 2. The van der Waals surface area contributed by atoms with Crippen molar-refractivity contribution in [3.05, 3.63) is 89.9 Å². The summed E-state index contributed by atoms with van der Waals surface area (Å²) >= 11 is 0. The molecular formula is C24H25N5O3. The number of nitrogens with zero attached hydrogens (tertiary/aromatic N) is 2. The Kier molecular flexibility index (Phi) is 6.52. The van der Waals surface area contributed by atoms with Gasteiger partial charge in [0.05, 0.1) is 19.4 Å². The van der Waals surface area contributed by atoms with Gasteiger partial charge in [0.25, 0.3) is 5.91 Å². The van der Waals surface area contributed by atoms with Crippen LogP contribution in [0.4, 0.5) is 5.69 Å². The third-order valence-electron chi connectivity index (χ3n) is 5.03. The van der Waals surface area contributed by atoms with Crippen LogP contribution in [-0.2, 0) is 11.4 Å². The van der Waals surface area contributed by atoms with E-state index in [1.807, 2.05) is 60.7 Å². The number of piperazine rings is 1. The van der Waals surface area contributed by atoms with E-state index in [0.717, 1.165) is 28.3 Å². The number of carbonyl (C=O) groups excluding carboxylic acids is 1. The lowest BCUT2D eigenvalue weighted by Gasteiger charge is -2.29. The minimum atomic E-state index is -0.227. The number of methoxy groups -OCH3 is 1. The van der Waals surface area contributed by atoms with Crippen molar-refractivity contribution in [1.29, 1.82) is 0 Å². The molecule has 164 valence electrons. The topological polar surface area (TPSA) is 102 Å². The fourth-order valence-corrected chi connectivity index (χ4v) is 3.33. The van der Waals surface area contributed by atoms with Crippen LogP contribution in [0.15, 0.2) is 78.8 Å². The van der Waals surface area contributed by atoms with E-state index in [9.17, 15) is 4.79 Å². The summed E-state index contributed by atoms with van der Waals surface area (Å²) in [6.07, 6.45) is 3.36.